The van der Waals surface area contributed by atoms with E-state index in [-0.39, 0.29) is 61.4 Å². The third-order valence-electron chi connectivity index (χ3n) is 8.44. The maximum atomic E-state index is 12.5. The molecule has 0 aromatic heterocycles. The first-order valence-corrected chi connectivity index (χ1v) is 16.8. The van der Waals surface area contributed by atoms with Crippen molar-refractivity contribution in [3.05, 3.63) is 118 Å². The van der Waals surface area contributed by atoms with E-state index in [1.807, 2.05) is 48.5 Å². The summed E-state index contributed by atoms with van der Waals surface area (Å²) in [7, 11) is 0. The van der Waals surface area contributed by atoms with Crippen LogP contribution < -0.4 is 15.4 Å². The van der Waals surface area contributed by atoms with E-state index in [4.69, 9.17) is 29.2 Å². The molecule has 6 rings (SSSR count). The summed E-state index contributed by atoms with van der Waals surface area (Å²) in [6.07, 6.45) is -2.33. The average Bonchev–Trinajstić information content (AvgIpc) is 3.48. The molecule has 2 amide bonds. The van der Waals surface area contributed by atoms with Gasteiger partial charge in [0.2, 0.25) is 5.91 Å². The van der Waals surface area contributed by atoms with Gasteiger partial charge in [0.05, 0.1) is 23.3 Å². The zero-order chi connectivity index (χ0) is 38.6. The molecule has 4 aromatic carbocycles. The maximum absolute atomic E-state index is 12.5. The lowest BCUT2D eigenvalue weighted by molar-refractivity contribution is -0.384. The van der Waals surface area contributed by atoms with Crippen LogP contribution in [0.5, 0.6) is 11.5 Å². The second-order valence-corrected chi connectivity index (χ2v) is 12.2. The zero-order valence-electron chi connectivity index (χ0n) is 28.7. The van der Waals surface area contributed by atoms with Gasteiger partial charge in [-0.05, 0) is 58.5 Å². The molecule has 0 saturated carbocycles. The molecule has 16 heteroatoms. The van der Waals surface area contributed by atoms with E-state index in [0.29, 0.717) is 18.6 Å². The average molecular weight is 744 g/mol. The van der Waals surface area contributed by atoms with Crippen molar-refractivity contribution in [2.24, 2.45) is 0 Å². The van der Waals surface area contributed by atoms with Crippen LogP contribution >= 0.6 is 0 Å². The standard InChI is InChI=1S/C32H27N3O9.C6H10O4/c36-29-14-9-20(18-43-32(39)44-22-12-10-21(11-13-22)35(40)41)17-28(29)34-30(37)15-16-33-31(38)42-19-27-25-7-3-1-5-23(25)24-6-2-4-8-26(24)27;7-4-1-2-10-5(3-4)6(8)9/h1-14,17,27,36H,15-16,18-19H2,(H,33,38)(H,34,37);4-5,7H,1-3H2,(H,8,9). The van der Waals surface area contributed by atoms with Crippen LogP contribution in [0.4, 0.5) is 21.0 Å². The summed E-state index contributed by atoms with van der Waals surface area (Å²) in [6.45, 7) is 0.257. The number of ether oxygens (including phenoxy) is 4. The van der Waals surface area contributed by atoms with Crippen molar-refractivity contribution in [3.63, 3.8) is 0 Å². The lowest BCUT2D eigenvalue weighted by atomic mass is 9.98. The number of carboxylic acids is 1. The van der Waals surface area contributed by atoms with Gasteiger partial charge in [-0.1, -0.05) is 54.6 Å². The number of non-ortho nitro benzene ring substituents is 1. The molecule has 1 saturated heterocycles. The number of aromatic hydroxyl groups is 1. The number of hydrogen-bond donors (Lipinski definition) is 5. The number of hydrogen-bond acceptors (Lipinski definition) is 12. The predicted molar refractivity (Wildman–Crippen MR) is 191 cm³/mol. The van der Waals surface area contributed by atoms with Gasteiger partial charge in [-0.3, -0.25) is 14.9 Å². The summed E-state index contributed by atoms with van der Waals surface area (Å²) < 4.78 is 20.4. The fourth-order valence-electron chi connectivity index (χ4n) is 5.77. The third-order valence-corrected chi connectivity index (χ3v) is 8.44. The van der Waals surface area contributed by atoms with Crippen LogP contribution in [0, 0.1) is 10.1 Å². The Hall–Kier alpha value is -6.52. The van der Waals surface area contributed by atoms with Crippen molar-refractivity contribution in [1.82, 2.24) is 5.32 Å². The summed E-state index contributed by atoms with van der Waals surface area (Å²) >= 11 is 0. The number of carboxylic acid groups (broad SMARTS) is 1. The highest BCUT2D eigenvalue weighted by molar-refractivity contribution is 5.92. The molecule has 2 atom stereocenters. The van der Waals surface area contributed by atoms with Crippen molar-refractivity contribution in [2.75, 3.05) is 25.1 Å². The Morgan fingerprint density at radius 2 is 1.57 bits per heavy atom. The van der Waals surface area contributed by atoms with Crippen LogP contribution in [-0.2, 0) is 30.4 Å². The quantitative estimate of drug-likeness (QED) is 0.0421. The summed E-state index contributed by atoms with van der Waals surface area (Å²) in [5, 5.41) is 43.4. The summed E-state index contributed by atoms with van der Waals surface area (Å²) in [6, 6.07) is 25.1. The molecule has 2 aliphatic rings. The number of amides is 2. The molecule has 0 bridgehead atoms. The molecule has 2 unspecified atom stereocenters. The molecule has 1 aliphatic heterocycles. The highest BCUT2D eigenvalue weighted by atomic mass is 16.7. The Morgan fingerprint density at radius 1 is 0.907 bits per heavy atom. The number of aliphatic hydroxyl groups excluding tert-OH is 1. The molecule has 0 spiro atoms. The minimum Gasteiger partial charge on any atom is -0.506 e. The summed E-state index contributed by atoms with van der Waals surface area (Å²) in [5.41, 5.74) is 4.79. The number of aliphatic hydroxyl groups is 1. The Kier molecular flexibility index (Phi) is 13.1. The zero-order valence-corrected chi connectivity index (χ0v) is 28.7. The van der Waals surface area contributed by atoms with Gasteiger partial charge < -0.3 is 44.9 Å². The molecule has 16 nitrogen and oxygen atoms in total. The Labute approximate surface area is 308 Å². The van der Waals surface area contributed by atoms with Crippen molar-refractivity contribution >= 4 is 35.5 Å². The van der Waals surface area contributed by atoms with Crippen molar-refractivity contribution in [2.45, 2.75) is 44.0 Å². The number of rotatable bonds is 11. The van der Waals surface area contributed by atoms with Gasteiger partial charge in [0, 0.05) is 37.4 Å². The molecule has 1 aliphatic carbocycles. The SMILES string of the molecule is O=C(CCNC(=O)OCC1c2ccccc2-c2ccccc21)Nc1cc(COC(=O)Oc2ccc([N+](=O)[O-])cc2)ccc1O.O=C(O)C1CC(O)CCO1. The smallest absolute Gasteiger partial charge is 0.506 e. The molecule has 1 heterocycles. The summed E-state index contributed by atoms with van der Waals surface area (Å²) in [5.74, 6) is -1.69. The summed E-state index contributed by atoms with van der Waals surface area (Å²) in [4.78, 5) is 57.2. The van der Waals surface area contributed by atoms with Crippen LogP contribution in [0.1, 0.15) is 41.9 Å². The number of alkyl carbamates (subject to hydrolysis) is 1. The minimum atomic E-state index is -1.04. The Balaban J connectivity index is 0.000000486. The number of aliphatic carboxylic acids is 1. The van der Waals surface area contributed by atoms with Crippen molar-refractivity contribution in [3.8, 4) is 22.6 Å². The fourth-order valence-corrected chi connectivity index (χ4v) is 5.77. The minimum absolute atomic E-state index is 0.000551. The molecule has 4 aromatic rings. The second kappa shape index (κ2) is 18.3. The maximum Gasteiger partial charge on any atom is 0.514 e. The van der Waals surface area contributed by atoms with E-state index < -0.39 is 41.3 Å². The van der Waals surface area contributed by atoms with Crippen molar-refractivity contribution in [1.29, 1.82) is 0 Å². The van der Waals surface area contributed by atoms with Crippen LogP contribution in [-0.4, -0.2) is 76.3 Å². The van der Waals surface area contributed by atoms with Gasteiger partial charge in [-0.25, -0.2) is 14.4 Å². The number of anilines is 1. The van der Waals surface area contributed by atoms with E-state index in [9.17, 15) is 34.4 Å². The van der Waals surface area contributed by atoms with Gasteiger partial charge in [-0.15, -0.1) is 0 Å². The second-order valence-electron chi connectivity index (χ2n) is 12.2. The van der Waals surface area contributed by atoms with Gasteiger partial charge in [0.15, 0.2) is 6.10 Å². The lowest BCUT2D eigenvalue weighted by Gasteiger charge is -2.22. The lowest BCUT2D eigenvalue weighted by Crippen LogP contribution is -2.34. The van der Waals surface area contributed by atoms with E-state index >= 15 is 0 Å². The van der Waals surface area contributed by atoms with Crippen LogP contribution in [0.2, 0.25) is 0 Å². The van der Waals surface area contributed by atoms with E-state index in [0.717, 1.165) is 22.3 Å². The number of carbonyl (C=O) groups excluding carboxylic acids is 3. The molecular weight excluding hydrogens is 706 g/mol. The normalized spacial score (nSPS) is 15.6. The fraction of sp³-hybridized carbons (Fsp3) is 0.263. The predicted octanol–water partition coefficient (Wildman–Crippen LogP) is 5.49. The number of nitro groups is 1. The van der Waals surface area contributed by atoms with Gasteiger partial charge in [-0.2, -0.15) is 0 Å². The van der Waals surface area contributed by atoms with Gasteiger partial charge in [0.1, 0.15) is 24.7 Å². The highest BCUT2D eigenvalue weighted by Gasteiger charge is 2.29. The largest absolute Gasteiger partial charge is 0.514 e. The molecule has 1 fully saturated rings. The molecule has 5 N–H and O–H groups in total. The van der Waals surface area contributed by atoms with Crippen LogP contribution in [0.25, 0.3) is 11.1 Å². The van der Waals surface area contributed by atoms with E-state index in [1.165, 1.54) is 42.5 Å². The first kappa shape index (κ1) is 38.7. The molecular formula is C38H37N3O13. The topological polar surface area (TPSA) is 233 Å². The number of nitrogens with one attached hydrogen (secondary N) is 2. The van der Waals surface area contributed by atoms with E-state index in [2.05, 4.69) is 10.6 Å². The number of nitro benzene ring substituents is 1. The monoisotopic (exact) mass is 743 g/mol. The number of benzene rings is 4. The first-order valence-electron chi connectivity index (χ1n) is 16.8. The Morgan fingerprint density at radius 3 is 2.19 bits per heavy atom. The number of carbonyl (C=O) groups is 4. The number of phenols is 1. The van der Waals surface area contributed by atoms with Crippen LogP contribution in [0.15, 0.2) is 91.0 Å². The molecule has 0 radical (unpaired) electrons. The Bertz CT molecular complexity index is 1940. The molecule has 54 heavy (non-hydrogen) atoms. The highest BCUT2D eigenvalue weighted by Crippen LogP contribution is 2.44. The van der Waals surface area contributed by atoms with Gasteiger partial charge in [0.25, 0.3) is 5.69 Å². The third kappa shape index (κ3) is 10.5. The van der Waals surface area contributed by atoms with Gasteiger partial charge >= 0.3 is 18.2 Å². The first-order chi connectivity index (χ1) is 26.0. The number of nitrogens with zero attached hydrogens (tertiary/aromatic N) is 1. The van der Waals surface area contributed by atoms with Crippen molar-refractivity contribution < 1.29 is 58.4 Å². The number of phenolic OH excluding ortho intramolecular Hbond substituents is 1. The number of fused-ring (bicyclic) bond motifs is 3. The van der Waals surface area contributed by atoms with Crippen LogP contribution in [0.3, 0.4) is 0 Å². The van der Waals surface area contributed by atoms with E-state index in [1.54, 1.807) is 0 Å². The molecule has 282 valence electrons.